The topological polar surface area (TPSA) is 107 Å². The van der Waals surface area contributed by atoms with Crippen molar-refractivity contribution in [3.05, 3.63) is 77.8 Å². The SMILES string of the molecule is COCC(=O)NCC(C)Oc1cccc2ncnc(Nc3ccc(OCc4ccccn4)c(Cl)c3)c12. The van der Waals surface area contributed by atoms with Crippen LogP contribution in [0.1, 0.15) is 12.6 Å². The lowest BCUT2D eigenvalue weighted by Gasteiger charge is -2.18. The van der Waals surface area contributed by atoms with Crippen molar-refractivity contribution in [3.63, 3.8) is 0 Å². The number of benzene rings is 2. The molecule has 4 aromatic rings. The molecule has 0 saturated carbocycles. The lowest BCUT2D eigenvalue weighted by atomic mass is 10.2. The van der Waals surface area contributed by atoms with Gasteiger partial charge in [0, 0.05) is 19.0 Å². The average molecular weight is 508 g/mol. The zero-order valence-corrected chi connectivity index (χ0v) is 20.7. The smallest absolute Gasteiger partial charge is 0.246 e. The van der Waals surface area contributed by atoms with Crippen molar-refractivity contribution in [1.82, 2.24) is 20.3 Å². The molecular weight excluding hydrogens is 482 g/mol. The Labute approximate surface area is 213 Å². The highest BCUT2D eigenvalue weighted by Gasteiger charge is 2.14. The van der Waals surface area contributed by atoms with Gasteiger partial charge in [0.2, 0.25) is 5.91 Å². The first-order valence-electron chi connectivity index (χ1n) is 11.3. The van der Waals surface area contributed by atoms with E-state index < -0.39 is 0 Å². The summed E-state index contributed by atoms with van der Waals surface area (Å²) in [4.78, 5) is 24.7. The lowest BCUT2D eigenvalue weighted by Crippen LogP contribution is -2.35. The number of carbonyl (C=O) groups excluding carboxylic acids is 1. The molecule has 2 aromatic heterocycles. The monoisotopic (exact) mass is 507 g/mol. The molecule has 2 heterocycles. The van der Waals surface area contributed by atoms with E-state index in [2.05, 4.69) is 25.6 Å². The molecule has 4 rings (SSSR count). The largest absolute Gasteiger partial charge is 0.488 e. The molecule has 1 amide bonds. The van der Waals surface area contributed by atoms with Crippen LogP contribution in [0.25, 0.3) is 10.9 Å². The number of nitrogens with zero attached hydrogens (tertiary/aromatic N) is 3. The molecule has 0 saturated heterocycles. The van der Waals surface area contributed by atoms with Gasteiger partial charge in [-0.3, -0.25) is 9.78 Å². The molecule has 0 bridgehead atoms. The number of hydrogen-bond donors (Lipinski definition) is 2. The van der Waals surface area contributed by atoms with E-state index in [9.17, 15) is 4.79 Å². The molecule has 0 radical (unpaired) electrons. The fourth-order valence-corrected chi connectivity index (χ4v) is 3.67. The van der Waals surface area contributed by atoms with Crippen LogP contribution in [0.3, 0.4) is 0 Å². The summed E-state index contributed by atoms with van der Waals surface area (Å²) < 4.78 is 16.8. The van der Waals surface area contributed by atoms with Crippen molar-refractivity contribution in [2.75, 3.05) is 25.6 Å². The Hall–Kier alpha value is -3.95. The molecule has 0 aliphatic rings. The van der Waals surface area contributed by atoms with Gasteiger partial charge in [0.05, 0.1) is 28.2 Å². The second-order valence-corrected chi connectivity index (χ2v) is 8.33. The standard InChI is InChI=1S/C26H26ClN5O4/c1-17(13-29-24(33)15-34-2)36-23-8-5-7-21-25(23)26(31-16-30-21)32-18-9-10-22(20(27)12-18)35-14-19-6-3-4-11-28-19/h3-12,16-17H,13-15H2,1-2H3,(H,29,33)(H,30,31,32). The minimum atomic E-state index is -0.297. The van der Waals surface area contributed by atoms with Crippen molar-refractivity contribution >= 4 is 39.9 Å². The minimum absolute atomic E-state index is 0.00156. The molecule has 10 heteroatoms. The molecule has 1 unspecified atom stereocenters. The highest BCUT2D eigenvalue weighted by molar-refractivity contribution is 6.32. The molecule has 2 aromatic carbocycles. The normalized spacial score (nSPS) is 11.6. The Morgan fingerprint density at radius 2 is 1.94 bits per heavy atom. The quantitative estimate of drug-likeness (QED) is 0.305. The van der Waals surface area contributed by atoms with Gasteiger partial charge in [-0.05, 0) is 49.4 Å². The van der Waals surface area contributed by atoms with E-state index in [-0.39, 0.29) is 18.6 Å². The van der Waals surface area contributed by atoms with E-state index in [0.717, 1.165) is 11.4 Å². The van der Waals surface area contributed by atoms with Crippen LogP contribution in [0, 0.1) is 0 Å². The second kappa shape index (κ2) is 12.1. The van der Waals surface area contributed by atoms with E-state index in [1.807, 2.05) is 49.4 Å². The molecule has 0 aliphatic carbocycles. The average Bonchev–Trinajstić information content (AvgIpc) is 2.88. The van der Waals surface area contributed by atoms with Gasteiger partial charge in [0.15, 0.2) is 0 Å². The maximum absolute atomic E-state index is 11.7. The Balaban J connectivity index is 1.49. The van der Waals surface area contributed by atoms with Gasteiger partial charge in [-0.15, -0.1) is 0 Å². The number of ether oxygens (including phenoxy) is 3. The van der Waals surface area contributed by atoms with Crippen LogP contribution in [0.5, 0.6) is 11.5 Å². The molecule has 0 fully saturated rings. The van der Waals surface area contributed by atoms with Crippen LogP contribution in [0.2, 0.25) is 5.02 Å². The van der Waals surface area contributed by atoms with Gasteiger partial charge in [0.25, 0.3) is 0 Å². The van der Waals surface area contributed by atoms with Crippen LogP contribution in [-0.2, 0) is 16.1 Å². The van der Waals surface area contributed by atoms with Crippen molar-refractivity contribution in [3.8, 4) is 11.5 Å². The number of methoxy groups -OCH3 is 1. The zero-order chi connectivity index (χ0) is 25.3. The van der Waals surface area contributed by atoms with E-state index in [0.29, 0.717) is 46.4 Å². The second-order valence-electron chi connectivity index (χ2n) is 7.92. The summed E-state index contributed by atoms with van der Waals surface area (Å²) in [7, 11) is 1.47. The number of carbonyl (C=O) groups is 1. The maximum Gasteiger partial charge on any atom is 0.246 e. The van der Waals surface area contributed by atoms with Crippen LogP contribution in [0.4, 0.5) is 11.5 Å². The van der Waals surface area contributed by atoms with Crippen molar-refractivity contribution in [2.45, 2.75) is 19.6 Å². The number of halogens is 1. The van der Waals surface area contributed by atoms with Crippen LogP contribution in [-0.4, -0.2) is 47.2 Å². The summed E-state index contributed by atoms with van der Waals surface area (Å²) in [5.74, 6) is 1.49. The number of amides is 1. The summed E-state index contributed by atoms with van der Waals surface area (Å²) >= 11 is 6.48. The van der Waals surface area contributed by atoms with E-state index in [1.165, 1.54) is 13.4 Å². The van der Waals surface area contributed by atoms with Crippen LogP contribution in [0.15, 0.2) is 67.1 Å². The van der Waals surface area contributed by atoms with Crippen molar-refractivity contribution < 1.29 is 19.0 Å². The fourth-order valence-electron chi connectivity index (χ4n) is 3.44. The highest BCUT2D eigenvalue weighted by atomic mass is 35.5. The number of rotatable bonds is 11. The van der Waals surface area contributed by atoms with E-state index in [1.54, 1.807) is 18.3 Å². The summed E-state index contributed by atoms with van der Waals surface area (Å²) in [6.45, 7) is 2.50. The molecular formula is C26H26ClN5O4. The van der Waals surface area contributed by atoms with Gasteiger partial charge in [-0.1, -0.05) is 23.7 Å². The van der Waals surface area contributed by atoms with Crippen LogP contribution < -0.4 is 20.1 Å². The minimum Gasteiger partial charge on any atom is -0.488 e. The number of pyridine rings is 1. The molecule has 0 spiro atoms. The van der Waals surface area contributed by atoms with Gasteiger partial charge < -0.3 is 24.8 Å². The van der Waals surface area contributed by atoms with Crippen molar-refractivity contribution in [2.24, 2.45) is 0 Å². The third-order valence-corrected chi connectivity index (χ3v) is 5.41. The van der Waals surface area contributed by atoms with Gasteiger partial charge in [-0.2, -0.15) is 0 Å². The first kappa shape index (κ1) is 25.2. The number of nitrogens with one attached hydrogen (secondary N) is 2. The number of anilines is 2. The summed E-state index contributed by atoms with van der Waals surface area (Å²) in [5, 5.41) is 7.23. The lowest BCUT2D eigenvalue weighted by molar-refractivity contribution is -0.125. The summed E-state index contributed by atoms with van der Waals surface area (Å²) in [6, 6.07) is 16.6. The Bertz CT molecular complexity index is 1320. The van der Waals surface area contributed by atoms with E-state index in [4.69, 9.17) is 25.8 Å². The fraction of sp³-hybridized carbons (Fsp3) is 0.231. The Morgan fingerprint density at radius 3 is 2.72 bits per heavy atom. The predicted molar refractivity (Wildman–Crippen MR) is 138 cm³/mol. The number of fused-ring (bicyclic) bond motifs is 1. The van der Waals surface area contributed by atoms with Crippen LogP contribution >= 0.6 is 11.6 Å². The van der Waals surface area contributed by atoms with Crippen molar-refractivity contribution in [1.29, 1.82) is 0 Å². The molecule has 1 atom stereocenters. The van der Waals surface area contributed by atoms with E-state index >= 15 is 0 Å². The molecule has 9 nitrogen and oxygen atoms in total. The van der Waals surface area contributed by atoms with Gasteiger partial charge in [0.1, 0.15) is 43.0 Å². The first-order chi connectivity index (χ1) is 17.5. The maximum atomic E-state index is 11.7. The zero-order valence-electron chi connectivity index (χ0n) is 19.9. The Morgan fingerprint density at radius 1 is 1.06 bits per heavy atom. The molecule has 0 aliphatic heterocycles. The molecule has 2 N–H and O–H groups in total. The van der Waals surface area contributed by atoms with Gasteiger partial charge >= 0.3 is 0 Å². The molecule has 186 valence electrons. The number of aromatic nitrogens is 3. The van der Waals surface area contributed by atoms with Gasteiger partial charge in [-0.25, -0.2) is 9.97 Å². The summed E-state index contributed by atoms with van der Waals surface area (Å²) in [6.07, 6.45) is 2.90. The summed E-state index contributed by atoms with van der Waals surface area (Å²) in [5.41, 5.74) is 2.24. The first-order valence-corrected chi connectivity index (χ1v) is 11.7. The third kappa shape index (κ3) is 6.59. The Kier molecular flexibility index (Phi) is 8.48. The number of hydrogen-bond acceptors (Lipinski definition) is 8. The highest BCUT2D eigenvalue weighted by Crippen LogP contribution is 2.34. The molecule has 36 heavy (non-hydrogen) atoms. The third-order valence-electron chi connectivity index (χ3n) is 5.11. The predicted octanol–water partition coefficient (Wildman–Crippen LogP) is 4.53.